The molecule has 0 radical (unpaired) electrons. The van der Waals surface area contributed by atoms with Crippen LogP contribution in [0.25, 0.3) is 10.8 Å². The summed E-state index contributed by atoms with van der Waals surface area (Å²) < 4.78 is 2.77. The predicted molar refractivity (Wildman–Crippen MR) is 77.1 cm³/mol. The Morgan fingerprint density at radius 3 is 2.45 bits per heavy atom. The number of benzene rings is 1. The predicted octanol–water partition coefficient (Wildman–Crippen LogP) is 2.14. The molecular weight excluding hydrogens is 298 g/mol. The summed E-state index contributed by atoms with van der Waals surface area (Å²) in [6.45, 7) is 3.59. The molecule has 0 fully saturated rings. The molecule has 0 aliphatic rings. The van der Waals surface area contributed by atoms with Gasteiger partial charge in [-0.15, -0.1) is 15.3 Å². The molecule has 0 spiro atoms. The standard InChI is InChI=1S/C12H10ClN5OS/c1-7-16-18(10-5-3-9(13)4-6-10)12(19)17(7)11-15-14-8(2)20-11/h3-6H,1-2H3. The minimum Gasteiger partial charge on any atom is -0.245 e. The molecule has 6 nitrogen and oxygen atoms in total. The Labute approximate surface area is 123 Å². The highest BCUT2D eigenvalue weighted by Gasteiger charge is 2.15. The molecule has 0 aliphatic carbocycles. The molecule has 0 unspecified atom stereocenters. The highest BCUT2D eigenvalue weighted by atomic mass is 35.5. The lowest BCUT2D eigenvalue weighted by atomic mass is 10.3. The summed E-state index contributed by atoms with van der Waals surface area (Å²) >= 11 is 7.19. The van der Waals surface area contributed by atoms with Gasteiger partial charge in [-0.3, -0.25) is 0 Å². The van der Waals surface area contributed by atoms with Crippen molar-refractivity contribution >= 4 is 22.9 Å². The van der Waals surface area contributed by atoms with Crippen LogP contribution >= 0.6 is 22.9 Å². The van der Waals surface area contributed by atoms with Crippen LogP contribution in [0.2, 0.25) is 5.02 Å². The molecule has 0 amide bonds. The monoisotopic (exact) mass is 307 g/mol. The van der Waals surface area contributed by atoms with Crippen LogP contribution in [0.1, 0.15) is 10.8 Å². The van der Waals surface area contributed by atoms with Gasteiger partial charge in [0.2, 0.25) is 5.13 Å². The third kappa shape index (κ3) is 2.14. The zero-order valence-electron chi connectivity index (χ0n) is 10.7. The summed E-state index contributed by atoms with van der Waals surface area (Å²) in [5.41, 5.74) is 0.378. The maximum atomic E-state index is 12.5. The van der Waals surface area contributed by atoms with Crippen molar-refractivity contribution in [3.8, 4) is 10.8 Å². The van der Waals surface area contributed by atoms with E-state index in [-0.39, 0.29) is 5.69 Å². The van der Waals surface area contributed by atoms with Crippen molar-refractivity contribution in [1.29, 1.82) is 0 Å². The molecule has 8 heteroatoms. The van der Waals surface area contributed by atoms with Gasteiger partial charge in [0.05, 0.1) is 5.69 Å². The van der Waals surface area contributed by atoms with Gasteiger partial charge in [-0.25, -0.2) is 9.36 Å². The molecule has 0 saturated carbocycles. The van der Waals surface area contributed by atoms with E-state index >= 15 is 0 Å². The number of nitrogens with zero attached hydrogens (tertiary/aromatic N) is 5. The van der Waals surface area contributed by atoms with Crippen LogP contribution in [0, 0.1) is 13.8 Å². The summed E-state index contributed by atoms with van der Waals surface area (Å²) in [7, 11) is 0. The molecule has 102 valence electrons. The van der Waals surface area contributed by atoms with E-state index in [1.54, 1.807) is 31.2 Å². The van der Waals surface area contributed by atoms with Gasteiger partial charge in [-0.2, -0.15) is 4.68 Å². The molecule has 0 aliphatic heterocycles. The van der Waals surface area contributed by atoms with Gasteiger partial charge in [0.15, 0.2) is 0 Å². The summed E-state index contributed by atoms with van der Waals surface area (Å²) in [6, 6.07) is 6.91. The topological polar surface area (TPSA) is 65.6 Å². The van der Waals surface area contributed by atoms with Gasteiger partial charge in [-0.1, -0.05) is 22.9 Å². The number of halogens is 1. The first kappa shape index (κ1) is 13.0. The smallest absolute Gasteiger partial charge is 0.245 e. The van der Waals surface area contributed by atoms with Gasteiger partial charge in [-0.05, 0) is 38.1 Å². The third-order valence-corrected chi connectivity index (χ3v) is 3.79. The summed E-state index contributed by atoms with van der Waals surface area (Å²) in [6.07, 6.45) is 0. The second-order valence-electron chi connectivity index (χ2n) is 4.16. The fourth-order valence-electron chi connectivity index (χ4n) is 1.81. The minimum atomic E-state index is -0.277. The van der Waals surface area contributed by atoms with Crippen LogP contribution in [-0.4, -0.2) is 24.5 Å². The minimum absolute atomic E-state index is 0.277. The zero-order chi connectivity index (χ0) is 14.3. The molecule has 2 aromatic heterocycles. The van der Waals surface area contributed by atoms with E-state index in [1.165, 1.54) is 20.6 Å². The number of aryl methyl sites for hydroxylation is 2. The molecule has 0 N–H and O–H groups in total. The lowest BCUT2D eigenvalue weighted by molar-refractivity contribution is 0.823. The van der Waals surface area contributed by atoms with Crippen molar-refractivity contribution in [2.45, 2.75) is 13.8 Å². The van der Waals surface area contributed by atoms with E-state index in [2.05, 4.69) is 15.3 Å². The van der Waals surface area contributed by atoms with Gasteiger partial charge in [0.1, 0.15) is 10.8 Å². The SMILES string of the molecule is Cc1nnc(-n2c(C)nn(-c3ccc(Cl)cc3)c2=O)s1. The maximum Gasteiger partial charge on any atom is 0.357 e. The fourth-order valence-corrected chi connectivity index (χ4v) is 2.67. The van der Waals surface area contributed by atoms with E-state index in [0.29, 0.717) is 21.7 Å². The first-order valence-electron chi connectivity index (χ1n) is 5.81. The van der Waals surface area contributed by atoms with Crippen molar-refractivity contribution < 1.29 is 0 Å². The molecule has 1 aromatic carbocycles. The van der Waals surface area contributed by atoms with Crippen LogP contribution in [0.15, 0.2) is 29.1 Å². The second kappa shape index (κ2) is 4.84. The van der Waals surface area contributed by atoms with Gasteiger partial charge in [0.25, 0.3) is 0 Å². The van der Waals surface area contributed by atoms with Crippen molar-refractivity contribution in [1.82, 2.24) is 24.5 Å². The van der Waals surface area contributed by atoms with Crippen LogP contribution in [-0.2, 0) is 0 Å². The average Bonchev–Trinajstić information content (AvgIpc) is 2.95. The second-order valence-corrected chi connectivity index (χ2v) is 5.75. The van der Waals surface area contributed by atoms with E-state index in [4.69, 9.17) is 11.6 Å². The molecule has 0 saturated heterocycles. The number of hydrogen-bond acceptors (Lipinski definition) is 5. The van der Waals surface area contributed by atoms with Gasteiger partial charge < -0.3 is 0 Å². The van der Waals surface area contributed by atoms with Crippen molar-refractivity contribution in [2.75, 3.05) is 0 Å². The van der Waals surface area contributed by atoms with Gasteiger partial charge >= 0.3 is 5.69 Å². The van der Waals surface area contributed by atoms with Crippen LogP contribution < -0.4 is 5.69 Å². The van der Waals surface area contributed by atoms with Crippen molar-refractivity contribution in [3.63, 3.8) is 0 Å². The first-order valence-corrected chi connectivity index (χ1v) is 7.01. The normalized spacial score (nSPS) is 10.9. The Bertz CT molecular complexity index is 817. The molecular formula is C12H10ClN5OS. The summed E-state index contributed by atoms with van der Waals surface area (Å²) in [4.78, 5) is 12.5. The summed E-state index contributed by atoms with van der Waals surface area (Å²) in [5.74, 6) is 0.557. The first-order chi connectivity index (χ1) is 9.56. The van der Waals surface area contributed by atoms with E-state index in [0.717, 1.165) is 5.01 Å². The van der Waals surface area contributed by atoms with Crippen LogP contribution in [0.4, 0.5) is 0 Å². The van der Waals surface area contributed by atoms with Crippen LogP contribution in [0.5, 0.6) is 0 Å². The quantitative estimate of drug-likeness (QED) is 0.727. The lowest BCUT2D eigenvalue weighted by Crippen LogP contribution is -2.22. The molecule has 2 heterocycles. The zero-order valence-corrected chi connectivity index (χ0v) is 12.3. The molecule has 3 rings (SSSR count). The number of rotatable bonds is 2. The molecule has 0 atom stereocenters. The highest BCUT2D eigenvalue weighted by molar-refractivity contribution is 7.13. The van der Waals surface area contributed by atoms with E-state index in [9.17, 15) is 4.79 Å². The molecule has 20 heavy (non-hydrogen) atoms. The van der Waals surface area contributed by atoms with Crippen LogP contribution in [0.3, 0.4) is 0 Å². The van der Waals surface area contributed by atoms with E-state index < -0.39 is 0 Å². The Morgan fingerprint density at radius 1 is 1.15 bits per heavy atom. The highest BCUT2D eigenvalue weighted by Crippen LogP contribution is 2.15. The summed E-state index contributed by atoms with van der Waals surface area (Å²) in [5, 5.41) is 14.1. The largest absolute Gasteiger partial charge is 0.357 e. The Morgan fingerprint density at radius 2 is 1.85 bits per heavy atom. The molecule has 3 aromatic rings. The molecule has 0 bridgehead atoms. The number of aromatic nitrogens is 5. The van der Waals surface area contributed by atoms with Crippen molar-refractivity contribution in [2.24, 2.45) is 0 Å². The van der Waals surface area contributed by atoms with Gasteiger partial charge in [0, 0.05) is 5.02 Å². The third-order valence-electron chi connectivity index (χ3n) is 2.72. The fraction of sp³-hybridized carbons (Fsp3) is 0.167. The number of hydrogen-bond donors (Lipinski definition) is 0. The maximum absolute atomic E-state index is 12.5. The van der Waals surface area contributed by atoms with E-state index in [1.807, 2.05) is 6.92 Å². The van der Waals surface area contributed by atoms with Crippen molar-refractivity contribution in [3.05, 3.63) is 50.6 Å². The lowest BCUT2D eigenvalue weighted by Gasteiger charge is -1.98. The Kier molecular flexibility index (Phi) is 3.15. The Balaban J connectivity index is 2.16. The Hall–Kier alpha value is -1.99. The average molecular weight is 308 g/mol.